The Hall–Kier alpha value is -2.79. The van der Waals surface area contributed by atoms with Crippen LogP contribution in [0.3, 0.4) is 0 Å². The minimum absolute atomic E-state index is 0.132. The molecule has 2 aromatic carbocycles. The SMILES string of the molecule is O=C(N1c2ccccc2Sc2ccccc21)C(F)(F)C(F)(F)C(F)(F)C(F)(F)C(F)(F)C(F)(F)C(F)(F)F. The molecular formula is C20H8F15NOS. The lowest BCUT2D eigenvalue weighted by molar-refractivity contribution is -0.449. The lowest BCUT2D eigenvalue weighted by Gasteiger charge is -2.42. The van der Waals surface area contributed by atoms with Crippen molar-refractivity contribution in [3.8, 4) is 0 Å². The third-order valence-electron chi connectivity index (χ3n) is 5.23. The van der Waals surface area contributed by atoms with Crippen LogP contribution in [0.5, 0.6) is 0 Å². The number of halogens is 15. The highest BCUT2D eigenvalue weighted by molar-refractivity contribution is 7.99. The van der Waals surface area contributed by atoms with Crippen molar-refractivity contribution in [1.82, 2.24) is 0 Å². The first kappa shape index (κ1) is 29.8. The van der Waals surface area contributed by atoms with Crippen molar-refractivity contribution >= 4 is 29.0 Å². The van der Waals surface area contributed by atoms with E-state index in [1.165, 1.54) is 12.1 Å². The van der Waals surface area contributed by atoms with E-state index in [1.807, 2.05) is 0 Å². The summed E-state index contributed by atoms with van der Waals surface area (Å²) >= 11 is 0.756. The molecule has 0 spiro atoms. The Morgan fingerprint density at radius 1 is 0.526 bits per heavy atom. The summed E-state index contributed by atoms with van der Waals surface area (Å²) < 4.78 is 203. The van der Waals surface area contributed by atoms with Crippen molar-refractivity contribution in [2.45, 2.75) is 51.5 Å². The van der Waals surface area contributed by atoms with Gasteiger partial charge >= 0.3 is 47.6 Å². The van der Waals surface area contributed by atoms with E-state index >= 15 is 0 Å². The number of hydrogen-bond acceptors (Lipinski definition) is 2. The number of rotatable bonds is 6. The molecule has 18 heteroatoms. The van der Waals surface area contributed by atoms with Crippen LogP contribution in [0.15, 0.2) is 58.3 Å². The third kappa shape index (κ3) is 3.80. The van der Waals surface area contributed by atoms with E-state index in [9.17, 15) is 70.7 Å². The van der Waals surface area contributed by atoms with Gasteiger partial charge in [0.1, 0.15) is 0 Å². The van der Waals surface area contributed by atoms with Crippen LogP contribution >= 0.6 is 11.8 Å². The van der Waals surface area contributed by atoms with Gasteiger partial charge in [0.15, 0.2) is 0 Å². The van der Waals surface area contributed by atoms with Crippen LogP contribution in [0.4, 0.5) is 77.2 Å². The Morgan fingerprint density at radius 2 is 0.868 bits per heavy atom. The predicted octanol–water partition coefficient (Wildman–Crippen LogP) is 8.19. The first-order chi connectivity index (χ1) is 17.0. The van der Waals surface area contributed by atoms with Crippen molar-refractivity contribution in [2.24, 2.45) is 0 Å². The molecule has 210 valence electrons. The van der Waals surface area contributed by atoms with E-state index in [4.69, 9.17) is 0 Å². The fourth-order valence-electron chi connectivity index (χ4n) is 3.16. The Bertz CT molecular complexity index is 1200. The molecule has 0 radical (unpaired) electrons. The van der Waals surface area contributed by atoms with Crippen LogP contribution in [0, 0.1) is 0 Å². The Balaban J connectivity index is 2.16. The Labute approximate surface area is 205 Å². The number of hydrogen-bond donors (Lipinski definition) is 0. The maximum atomic E-state index is 14.7. The van der Waals surface area contributed by atoms with Crippen molar-refractivity contribution in [1.29, 1.82) is 0 Å². The zero-order valence-electron chi connectivity index (χ0n) is 17.6. The summed E-state index contributed by atoms with van der Waals surface area (Å²) in [6, 6.07) is 8.53. The monoisotopic (exact) mass is 595 g/mol. The number of para-hydroxylation sites is 2. The molecule has 38 heavy (non-hydrogen) atoms. The van der Waals surface area contributed by atoms with Gasteiger partial charge in [-0.15, -0.1) is 0 Å². The summed E-state index contributed by atoms with van der Waals surface area (Å²) in [6.07, 6.45) is -7.71. The molecule has 2 nitrogen and oxygen atoms in total. The number of amides is 1. The normalized spacial score (nSPS) is 15.7. The minimum atomic E-state index is -8.47. The summed E-state index contributed by atoms with van der Waals surface area (Å²) in [7, 11) is 0. The number of anilines is 2. The van der Waals surface area contributed by atoms with E-state index in [0.29, 0.717) is 0 Å². The second-order valence-electron chi connectivity index (χ2n) is 7.62. The summed E-state index contributed by atoms with van der Waals surface area (Å²) in [5, 5.41) is 0. The third-order valence-corrected chi connectivity index (χ3v) is 6.36. The molecule has 0 saturated carbocycles. The molecule has 1 amide bonds. The second-order valence-corrected chi connectivity index (χ2v) is 8.71. The molecule has 0 bridgehead atoms. The molecule has 3 rings (SSSR count). The molecule has 0 aliphatic carbocycles. The van der Waals surface area contributed by atoms with Gasteiger partial charge in [-0.3, -0.25) is 9.69 Å². The van der Waals surface area contributed by atoms with Crippen molar-refractivity contribution in [2.75, 3.05) is 4.90 Å². The Kier molecular flexibility index (Phi) is 6.74. The minimum Gasteiger partial charge on any atom is -0.273 e. The number of nitrogens with zero attached hydrogens (tertiary/aromatic N) is 1. The maximum absolute atomic E-state index is 14.7. The standard InChI is InChI=1S/C20H8F15NOS/c21-14(22,13(37)36-9-5-1-3-7-11(9)38-12-8-4-2-6-10(12)36)15(23,24)16(25,26)17(27,28)18(29,30)19(31,32)20(33,34)35/h1-8H. The summed E-state index contributed by atoms with van der Waals surface area (Å²) in [4.78, 5) is 12.0. The molecule has 1 heterocycles. The average molecular weight is 595 g/mol. The smallest absolute Gasteiger partial charge is 0.273 e. The fourth-order valence-corrected chi connectivity index (χ4v) is 4.22. The predicted molar refractivity (Wildman–Crippen MR) is 99.9 cm³/mol. The summed E-state index contributed by atoms with van der Waals surface area (Å²) in [5.74, 6) is -51.7. The molecule has 0 atom stereocenters. The van der Waals surface area contributed by atoms with Gasteiger partial charge in [0.05, 0.1) is 11.4 Å². The molecule has 0 fully saturated rings. The number of carbonyl (C=O) groups is 1. The van der Waals surface area contributed by atoms with Gasteiger partial charge in [-0.05, 0) is 24.3 Å². The van der Waals surface area contributed by atoms with Crippen molar-refractivity contribution in [3.63, 3.8) is 0 Å². The molecule has 0 aromatic heterocycles. The quantitative estimate of drug-likeness (QED) is 0.314. The van der Waals surface area contributed by atoms with Crippen molar-refractivity contribution < 1.29 is 70.7 Å². The molecule has 1 aliphatic heterocycles. The molecule has 0 saturated heterocycles. The number of alkyl halides is 15. The van der Waals surface area contributed by atoms with Gasteiger partial charge in [0.2, 0.25) is 0 Å². The van der Waals surface area contributed by atoms with Gasteiger partial charge < -0.3 is 0 Å². The lowest BCUT2D eigenvalue weighted by atomic mass is 9.90. The van der Waals surface area contributed by atoms with E-state index in [1.54, 1.807) is 0 Å². The van der Waals surface area contributed by atoms with Crippen LogP contribution in [0.1, 0.15) is 0 Å². The number of benzene rings is 2. The fraction of sp³-hybridized carbons (Fsp3) is 0.350. The first-order valence-corrected chi connectivity index (χ1v) is 10.3. The van der Waals surface area contributed by atoms with Crippen LogP contribution in [-0.4, -0.2) is 47.6 Å². The van der Waals surface area contributed by atoms with E-state index in [0.717, 1.165) is 48.2 Å². The van der Waals surface area contributed by atoms with Gasteiger partial charge in [-0.1, -0.05) is 36.0 Å². The summed E-state index contributed by atoms with van der Waals surface area (Å²) in [5.41, 5.74) is -1.36. The molecular weight excluding hydrogens is 587 g/mol. The van der Waals surface area contributed by atoms with E-state index in [2.05, 4.69) is 0 Å². The van der Waals surface area contributed by atoms with Gasteiger partial charge in [0, 0.05) is 9.79 Å². The van der Waals surface area contributed by atoms with Gasteiger partial charge in [-0.25, -0.2) is 0 Å². The van der Waals surface area contributed by atoms with Crippen molar-refractivity contribution in [3.05, 3.63) is 48.5 Å². The zero-order valence-corrected chi connectivity index (χ0v) is 18.4. The molecule has 2 aromatic rings. The molecule has 1 aliphatic rings. The van der Waals surface area contributed by atoms with Crippen LogP contribution in [-0.2, 0) is 4.79 Å². The number of carbonyl (C=O) groups excluding carboxylic acids is 1. The lowest BCUT2D eigenvalue weighted by Crippen LogP contribution is -2.74. The maximum Gasteiger partial charge on any atom is 0.460 e. The van der Waals surface area contributed by atoms with Gasteiger partial charge in [-0.2, -0.15) is 65.9 Å². The van der Waals surface area contributed by atoms with Gasteiger partial charge in [0.25, 0.3) is 0 Å². The second kappa shape index (κ2) is 8.61. The summed E-state index contributed by atoms with van der Waals surface area (Å²) in [6.45, 7) is 0. The van der Waals surface area contributed by atoms with Crippen LogP contribution in [0.2, 0.25) is 0 Å². The average Bonchev–Trinajstić information content (AvgIpc) is 2.80. The highest BCUT2D eigenvalue weighted by Crippen LogP contribution is 2.63. The zero-order chi connectivity index (χ0) is 29.3. The molecule has 0 N–H and O–H groups in total. The highest BCUT2D eigenvalue weighted by atomic mass is 32.2. The van der Waals surface area contributed by atoms with E-state index < -0.39 is 59.0 Å². The Morgan fingerprint density at radius 3 is 1.26 bits per heavy atom. The largest absolute Gasteiger partial charge is 0.460 e. The first-order valence-electron chi connectivity index (χ1n) is 9.52. The number of fused-ring (bicyclic) bond motifs is 2. The van der Waals surface area contributed by atoms with E-state index in [-0.39, 0.29) is 14.7 Å². The topological polar surface area (TPSA) is 20.3 Å². The van der Waals surface area contributed by atoms with Crippen LogP contribution < -0.4 is 4.90 Å². The van der Waals surface area contributed by atoms with Crippen LogP contribution in [0.25, 0.3) is 0 Å². The highest BCUT2D eigenvalue weighted by Gasteiger charge is 2.94. The molecule has 0 unspecified atom stereocenters.